The highest BCUT2D eigenvalue weighted by Crippen LogP contribution is 2.41. The first-order valence-electron chi connectivity index (χ1n) is 8.23. The van der Waals surface area contributed by atoms with E-state index >= 15 is 0 Å². The van der Waals surface area contributed by atoms with E-state index in [9.17, 15) is 9.18 Å². The number of halogens is 2. The van der Waals surface area contributed by atoms with E-state index in [2.05, 4.69) is 15.2 Å². The standard InChI is InChI=1S/C17H20ClFN4O/c1-8-14(18)13-15(22-8)11(17(20)24)4-12(19)16(13)23-3-2-9-5-21-6-10(9)7-23/h4,9-10,21-22H,2-3,5-7H2,1H3,(H2,20,24). The molecule has 4 N–H and O–H groups in total. The quantitative estimate of drug-likeness (QED) is 0.778. The lowest BCUT2D eigenvalue weighted by Gasteiger charge is -2.36. The number of anilines is 1. The second-order valence-corrected chi connectivity index (χ2v) is 7.22. The van der Waals surface area contributed by atoms with Gasteiger partial charge in [-0.3, -0.25) is 4.79 Å². The molecule has 1 amide bonds. The van der Waals surface area contributed by atoms with Crippen molar-refractivity contribution in [3.8, 4) is 0 Å². The minimum absolute atomic E-state index is 0.138. The van der Waals surface area contributed by atoms with Crippen LogP contribution in [-0.2, 0) is 0 Å². The number of rotatable bonds is 2. The van der Waals surface area contributed by atoms with Gasteiger partial charge >= 0.3 is 0 Å². The summed E-state index contributed by atoms with van der Waals surface area (Å²) in [4.78, 5) is 16.9. The second-order valence-electron chi connectivity index (χ2n) is 6.85. The molecule has 4 rings (SSSR count). The summed E-state index contributed by atoms with van der Waals surface area (Å²) in [6.45, 7) is 5.39. The lowest BCUT2D eigenvalue weighted by Crippen LogP contribution is -2.40. The number of carbonyl (C=O) groups is 1. The molecule has 2 atom stereocenters. The number of nitrogens with two attached hydrogens (primary N) is 1. The predicted octanol–water partition coefficient (Wildman–Crippen LogP) is 2.41. The van der Waals surface area contributed by atoms with Crippen molar-refractivity contribution >= 4 is 34.1 Å². The molecule has 2 fully saturated rings. The van der Waals surface area contributed by atoms with E-state index in [0.29, 0.717) is 39.1 Å². The topological polar surface area (TPSA) is 74.2 Å². The van der Waals surface area contributed by atoms with E-state index in [4.69, 9.17) is 17.3 Å². The zero-order valence-corrected chi connectivity index (χ0v) is 14.2. The lowest BCUT2D eigenvalue weighted by molar-refractivity contribution is 0.100. The third-order valence-corrected chi connectivity index (χ3v) is 5.87. The number of aromatic amines is 1. The van der Waals surface area contributed by atoms with Crippen LogP contribution in [0.25, 0.3) is 10.9 Å². The van der Waals surface area contributed by atoms with Gasteiger partial charge < -0.3 is 20.9 Å². The molecule has 1 aromatic carbocycles. The largest absolute Gasteiger partial charge is 0.368 e. The Labute approximate surface area is 144 Å². The van der Waals surface area contributed by atoms with Gasteiger partial charge in [-0.2, -0.15) is 0 Å². The van der Waals surface area contributed by atoms with Crippen LogP contribution in [0.2, 0.25) is 5.02 Å². The van der Waals surface area contributed by atoms with Gasteiger partial charge in [0.1, 0.15) is 5.82 Å². The zero-order chi connectivity index (χ0) is 17.0. The Morgan fingerprint density at radius 1 is 1.42 bits per heavy atom. The normalized spacial score (nSPS) is 23.7. The smallest absolute Gasteiger partial charge is 0.250 e. The van der Waals surface area contributed by atoms with Crippen molar-refractivity contribution in [3.05, 3.63) is 28.2 Å². The van der Waals surface area contributed by atoms with Gasteiger partial charge in [0.05, 0.1) is 21.8 Å². The lowest BCUT2D eigenvalue weighted by atomic mass is 9.88. The predicted molar refractivity (Wildman–Crippen MR) is 93.2 cm³/mol. The fourth-order valence-corrected chi connectivity index (χ4v) is 4.39. The molecule has 0 spiro atoms. The number of nitrogens with zero attached hydrogens (tertiary/aromatic N) is 1. The van der Waals surface area contributed by atoms with E-state index in [1.54, 1.807) is 0 Å². The molecule has 0 aliphatic carbocycles. The summed E-state index contributed by atoms with van der Waals surface area (Å²) in [5, 5.41) is 4.43. The maximum absolute atomic E-state index is 14.9. The molecule has 0 saturated carbocycles. The number of hydrogen-bond acceptors (Lipinski definition) is 3. The van der Waals surface area contributed by atoms with E-state index in [1.165, 1.54) is 6.07 Å². The number of carbonyl (C=O) groups excluding carboxylic acids is 1. The van der Waals surface area contributed by atoms with Crippen molar-refractivity contribution in [2.45, 2.75) is 13.3 Å². The van der Waals surface area contributed by atoms with Crippen molar-refractivity contribution < 1.29 is 9.18 Å². The number of primary amides is 1. The average molecular weight is 351 g/mol. The van der Waals surface area contributed by atoms with Crippen LogP contribution in [0.15, 0.2) is 6.07 Å². The Hall–Kier alpha value is -1.79. The number of aromatic nitrogens is 1. The number of benzene rings is 1. The van der Waals surface area contributed by atoms with Crippen LogP contribution in [0, 0.1) is 24.6 Å². The number of nitrogens with one attached hydrogen (secondary N) is 2. The summed E-state index contributed by atoms with van der Waals surface area (Å²) in [5.74, 6) is 0.0691. The van der Waals surface area contributed by atoms with Gasteiger partial charge in [-0.05, 0) is 44.3 Å². The van der Waals surface area contributed by atoms with Crippen LogP contribution in [0.4, 0.5) is 10.1 Å². The van der Waals surface area contributed by atoms with Gasteiger partial charge in [-0.1, -0.05) is 11.6 Å². The first kappa shape index (κ1) is 15.7. The zero-order valence-electron chi connectivity index (χ0n) is 13.5. The highest BCUT2D eigenvalue weighted by atomic mass is 35.5. The molecule has 7 heteroatoms. The molecule has 3 heterocycles. The van der Waals surface area contributed by atoms with E-state index in [1.807, 2.05) is 6.92 Å². The van der Waals surface area contributed by atoms with Crippen molar-refractivity contribution in [3.63, 3.8) is 0 Å². The molecular weight excluding hydrogens is 331 g/mol. The Balaban J connectivity index is 1.87. The van der Waals surface area contributed by atoms with Crippen molar-refractivity contribution in [2.75, 3.05) is 31.1 Å². The molecule has 5 nitrogen and oxygen atoms in total. The Bertz CT molecular complexity index is 834. The van der Waals surface area contributed by atoms with Crippen LogP contribution in [0.3, 0.4) is 0 Å². The van der Waals surface area contributed by atoms with E-state index < -0.39 is 11.7 Å². The Morgan fingerprint density at radius 2 is 2.17 bits per heavy atom. The van der Waals surface area contributed by atoms with Gasteiger partial charge in [0.15, 0.2) is 0 Å². The van der Waals surface area contributed by atoms with Gasteiger partial charge in [0.2, 0.25) is 0 Å². The minimum atomic E-state index is -0.665. The number of piperidine rings is 1. The second kappa shape index (κ2) is 5.63. The number of aryl methyl sites for hydroxylation is 1. The number of amides is 1. The molecule has 128 valence electrons. The Morgan fingerprint density at radius 3 is 2.92 bits per heavy atom. The molecular formula is C17H20ClFN4O. The molecule has 1 aromatic heterocycles. The molecule has 2 aliphatic rings. The minimum Gasteiger partial charge on any atom is -0.368 e. The summed E-state index contributed by atoms with van der Waals surface area (Å²) in [5.41, 5.74) is 7.26. The molecule has 2 aliphatic heterocycles. The fourth-order valence-electron chi connectivity index (χ4n) is 4.15. The van der Waals surface area contributed by atoms with Crippen molar-refractivity contribution in [2.24, 2.45) is 17.6 Å². The van der Waals surface area contributed by atoms with Crippen molar-refractivity contribution in [1.29, 1.82) is 0 Å². The molecule has 24 heavy (non-hydrogen) atoms. The number of hydrogen-bond donors (Lipinski definition) is 3. The van der Waals surface area contributed by atoms with Gasteiger partial charge in [-0.15, -0.1) is 0 Å². The SMILES string of the molecule is Cc1[nH]c2c(C(N)=O)cc(F)c(N3CCC4CNCC4C3)c2c1Cl. The van der Waals surface area contributed by atoms with Crippen LogP contribution >= 0.6 is 11.6 Å². The fraction of sp³-hybridized carbons (Fsp3) is 0.471. The third-order valence-electron chi connectivity index (χ3n) is 5.40. The Kier molecular flexibility index (Phi) is 3.69. The van der Waals surface area contributed by atoms with E-state index in [0.717, 1.165) is 32.6 Å². The molecule has 2 saturated heterocycles. The summed E-state index contributed by atoms with van der Waals surface area (Å²) < 4.78 is 14.9. The molecule has 2 aromatic rings. The maximum Gasteiger partial charge on any atom is 0.250 e. The van der Waals surface area contributed by atoms with Crippen molar-refractivity contribution in [1.82, 2.24) is 10.3 Å². The summed E-state index contributed by atoms with van der Waals surface area (Å²) >= 11 is 6.44. The van der Waals surface area contributed by atoms with Crippen LogP contribution in [0.5, 0.6) is 0 Å². The number of fused-ring (bicyclic) bond motifs is 2. The molecule has 0 bridgehead atoms. The molecule has 2 unspecified atom stereocenters. The van der Waals surface area contributed by atoms with E-state index in [-0.39, 0.29) is 5.56 Å². The maximum atomic E-state index is 14.9. The summed E-state index contributed by atoms with van der Waals surface area (Å²) in [6.07, 6.45) is 1.02. The average Bonchev–Trinajstić information content (AvgIpc) is 3.12. The van der Waals surface area contributed by atoms with Crippen LogP contribution < -0.4 is 16.0 Å². The highest BCUT2D eigenvalue weighted by molar-refractivity contribution is 6.38. The van der Waals surface area contributed by atoms with Gasteiger partial charge in [0, 0.05) is 24.2 Å². The first-order chi connectivity index (χ1) is 11.5. The van der Waals surface area contributed by atoms with Gasteiger partial charge in [-0.25, -0.2) is 4.39 Å². The van der Waals surface area contributed by atoms with Crippen LogP contribution in [-0.4, -0.2) is 37.1 Å². The highest BCUT2D eigenvalue weighted by Gasteiger charge is 2.35. The first-order valence-corrected chi connectivity index (χ1v) is 8.61. The third kappa shape index (κ3) is 2.28. The summed E-state index contributed by atoms with van der Waals surface area (Å²) in [6, 6.07) is 1.23. The van der Waals surface area contributed by atoms with Crippen LogP contribution in [0.1, 0.15) is 22.5 Å². The monoisotopic (exact) mass is 350 g/mol. The van der Waals surface area contributed by atoms with Gasteiger partial charge in [0.25, 0.3) is 5.91 Å². The summed E-state index contributed by atoms with van der Waals surface area (Å²) in [7, 11) is 0. The number of H-pyrrole nitrogens is 1. The molecule has 0 radical (unpaired) electrons.